The van der Waals surface area contributed by atoms with Crippen molar-refractivity contribution in [3.8, 4) is 5.75 Å². The molecular weight excluding hydrogens is 243 g/mol. The maximum atomic E-state index is 13.4. The molecule has 0 bridgehead atoms. The summed E-state index contributed by atoms with van der Waals surface area (Å²) in [5.74, 6) is -1.13. The lowest BCUT2D eigenvalue weighted by molar-refractivity contribution is 0.102. The van der Waals surface area contributed by atoms with E-state index in [1.54, 1.807) is 32.1 Å². The van der Waals surface area contributed by atoms with Crippen molar-refractivity contribution in [3.63, 3.8) is 0 Å². The van der Waals surface area contributed by atoms with E-state index in [0.29, 0.717) is 5.46 Å². The molecule has 0 fully saturated rings. The highest BCUT2D eigenvalue weighted by Crippen LogP contribution is 2.17. The van der Waals surface area contributed by atoms with E-state index in [1.807, 2.05) is 7.85 Å². The average Bonchev–Trinajstić information content (AvgIpc) is 2.36. The number of anilines is 1. The summed E-state index contributed by atoms with van der Waals surface area (Å²) in [5, 5.41) is 12.3. The summed E-state index contributed by atoms with van der Waals surface area (Å²) in [6.07, 6.45) is 0. The summed E-state index contributed by atoms with van der Waals surface area (Å²) in [4.78, 5) is 12.1. The van der Waals surface area contributed by atoms with Crippen molar-refractivity contribution < 1.29 is 14.3 Å². The molecule has 0 aromatic heterocycles. The van der Waals surface area contributed by atoms with E-state index < -0.39 is 11.7 Å². The van der Waals surface area contributed by atoms with Crippen LogP contribution >= 0.6 is 0 Å². The van der Waals surface area contributed by atoms with Crippen LogP contribution in [-0.4, -0.2) is 26.7 Å². The van der Waals surface area contributed by atoms with Crippen LogP contribution in [0.5, 0.6) is 5.75 Å². The predicted molar refractivity (Wildman–Crippen MR) is 78.8 cm³/mol. The fourth-order valence-electron chi connectivity index (χ4n) is 1.89. The third-order valence-corrected chi connectivity index (χ3v) is 2.81. The van der Waals surface area contributed by atoms with Crippen molar-refractivity contribution in [2.24, 2.45) is 0 Å². The van der Waals surface area contributed by atoms with E-state index in [-0.39, 0.29) is 17.0 Å². The second-order valence-corrected chi connectivity index (χ2v) is 4.41. The Bertz CT molecular complexity index is 647. The van der Waals surface area contributed by atoms with Gasteiger partial charge in [-0.15, -0.1) is 0 Å². The van der Waals surface area contributed by atoms with E-state index >= 15 is 0 Å². The molecular formula is C13H12B2FNO2. The minimum Gasteiger partial charge on any atom is -0.508 e. The zero-order valence-electron chi connectivity index (χ0n) is 10.7. The minimum absolute atomic E-state index is 0.0839. The average molecular weight is 255 g/mol. The number of phenolic OH excluding ortho intramolecular Hbond substituents is 1. The maximum Gasteiger partial charge on any atom is 0.259 e. The molecule has 1 amide bonds. The van der Waals surface area contributed by atoms with E-state index in [0.717, 1.165) is 5.46 Å². The highest BCUT2D eigenvalue weighted by Gasteiger charge is 2.14. The molecule has 3 nitrogen and oxygen atoms in total. The largest absolute Gasteiger partial charge is 0.508 e. The van der Waals surface area contributed by atoms with E-state index in [4.69, 9.17) is 0 Å². The first-order chi connectivity index (χ1) is 8.99. The first-order valence-electron chi connectivity index (χ1n) is 5.85. The molecule has 0 atom stereocenters. The standard InChI is InChI=1S/C13H12B2FNO2/c14-7-5-8(12(18)9(15)6-7)13(19)17-11-4-2-1-3-10(11)16/h1-6,18H,14-15H2,(H,17,19). The molecule has 2 N–H and O–H groups in total. The molecule has 0 radical (unpaired) electrons. The highest BCUT2D eigenvalue weighted by molar-refractivity contribution is 6.40. The summed E-state index contributed by atoms with van der Waals surface area (Å²) in [6.45, 7) is 0. The number of carbonyl (C=O) groups excluding carboxylic acids is 1. The number of aromatic hydroxyl groups is 1. The summed E-state index contributed by atoms with van der Waals surface area (Å²) in [6, 6.07) is 9.23. The first-order valence-corrected chi connectivity index (χ1v) is 5.85. The van der Waals surface area contributed by atoms with E-state index in [2.05, 4.69) is 5.32 Å². The van der Waals surface area contributed by atoms with Crippen molar-refractivity contribution in [1.82, 2.24) is 0 Å². The molecule has 19 heavy (non-hydrogen) atoms. The second kappa shape index (κ2) is 5.18. The van der Waals surface area contributed by atoms with Gasteiger partial charge in [-0.25, -0.2) is 4.39 Å². The fraction of sp³-hybridized carbons (Fsp3) is 0. The second-order valence-electron chi connectivity index (χ2n) is 4.41. The Labute approximate surface area is 112 Å². The molecule has 0 saturated heterocycles. The smallest absolute Gasteiger partial charge is 0.259 e. The molecule has 0 unspecified atom stereocenters. The normalized spacial score (nSPS) is 10.2. The number of para-hydroxylation sites is 1. The number of halogens is 1. The number of benzene rings is 2. The van der Waals surface area contributed by atoms with Crippen molar-refractivity contribution in [3.05, 3.63) is 47.8 Å². The number of nitrogens with one attached hydrogen (secondary N) is 1. The molecule has 2 aromatic rings. The van der Waals surface area contributed by atoms with Gasteiger partial charge in [0.1, 0.15) is 27.3 Å². The molecule has 0 heterocycles. The van der Waals surface area contributed by atoms with Gasteiger partial charge in [0, 0.05) is 0 Å². The lowest BCUT2D eigenvalue weighted by Crippen LogP contribution is -2.21. The van der Waals surface area contributed by atoms with Crippen molar-refractivity contribution in [1.29, 1.82) is 0 Å². The van der Waals surface area contributed by atoms with Gasteiger partial charge in [-0.2, -0.15) is 0 Å². The summed E-state index contributed by atoms with van der Waals surface area (Å²) >= 11 is 0. The van der Waals surface area contributed by atoms with Gasteiger partial charge in [-0.05, 0) is 17.6 Å². The molecule has 6 heteroatoms. The predicted octanol–water partition coefficient (Wildman–Crippen LogP) is -0.700. The number of phenols is 1. The van der Waals surface area contributed by atoms with Crippen molar-refractivity contribution >= 4 is 38.2 Å². The van der Waals surface area contributed by atoms with Crippen LogP contribution < -0.4 is 16.2 Å². The lowest BCUT2D eigenvalue weighted by atomic mass is 9.84. The summed E-state index contributed by atoms with van der Waals surface area (Å²) in [7, 11) is 3.54. The minimum atomic E-state index is -0.533. The Hall–Kier alpha value is -2.23. The van der Waals surface area contributed by atoms with Gasteiger partial charge in [0.15, 0.2) is 0 Å². The van der Waals surface area contributed by atoms with Crippen LogP contribution in [0.15, 0.2) is 36.4 Å². The van der Waals surface area contributed by atoms with E-state index in [9.17, 15) is 14.3 Å². The number of amides is 1. The maximum absolute atomic E-state index is 13.4. The van der Waals surface area contributed by atoms with Gasteiger partial charge in [-0.3, -0.25) is 4.79 Å². The number of rotatable bonds is 2. The quantitative estimate of drug-likeness (QED) is 0.697. The first kappa shape index (κ1) is 13.2. The van der Waals surface area contributed by atoms with Gasteiger partial charge >= 0.3 is 0 Å². The van der Waals surface area contributed by atoms with Gasteiger partial charge in [0.2, 0.25) is 0 Å². The zero-order valence-corrected chi connectivity index (χ0v) is 10.7. The number of hydrogen-bond acceptors (Lipinski definition) is 2. The Kier molecular flexibility index (Phi) is 3.60. The lowest BCUT2D eigenvalue weighted by Gasteiger charge is -2.10. The van der Waals surface area contributed by atoms with E-state index in [1.165, 1.54) is 12.1 Å². The molecule has 0 saturated carbocycles. The van der Waals surface area contributed by atoms with Gasteiger partial charge in [-0.1, -0.05) is 29.7 Å². The Morgan fingerprint density at radius 1 is 1.21 bits per heavy atom. The van der Waals surface area contributed by atoms with Crippen LogP contribution in [0.4, 0.5) is 10.1 Å². The zero-order chi connectivity index (χ0) is 14.0. The summed E-state index contributed by atoms with van der Waals surface area (Å²) < 4.78 is 13.4. The fourth-order valence-corrected chi connectivity index (χ4v) is 1.89. The van der Waals surface area contributed by atoms with Gasteiger partial charge in [0.25, 0.3) is 5.91 Å². The molecule has 0 spiro atoms. The Balaban J connectivity index is 2.33. The molecule has 0 aliphatic carbocycles. The Morgan fingerprint density at radius 3 is 2.58 bits per heavy atom. The molecule has 2 rings (SSSR count). The van der Waals surface area contributed by atoms with Crippen LogP contribution in [0.1, 0.15) is 10.4 Å². The van der Waals surface area contributed by atoms with Crippen LogP contribution in [0, 0.1) is 5.82 Å². The van der Waals surface area contributed by atoms with Crippen LogP contribution in [0.3, 0.4) is 0 Å². The van der Waals surface area contributed by atoms with Crippen molar-refractivity contribution in [2.75, 3.05) is 5.32 Å². The number of carbonyl (C=O) groups is 1. The monoisotopic (exact) mass is 255 g/mol. The SMILES string of the molecule is Bc1cc(B)c(O)c(C(=O)Nc2ccccc2F)c1. The Morgan fingerprint density at radius 2 is 1.89 bits per heavy atom. The molecule has 2 aromatic carbocycles. The highest BCUT2D eigenvalue weighted by atomic mass is 19.1. The topological polar surface area (TPSA) is 49.3 Å². The van der Waals surface area contributed by atoms with Crippen LogP contribution in [-0.2, 0) is 0 Å². The van der Waals surface area contributed by atoms with Crippen LogP contribution in [0.2, 0.25) is 0 Å². The van der Waals surface area contributed by atoms with Crippen LogP contribution in [0.25, 0.3) is 0 Å². The third-order valence-electron chi connectivity index (χ3n) is 2.81. The summed E-state index contributed by atoms with van der Waals surface area (Å²) in [5.41, 5.74) is 1.69. The molecule has 94 valence electrons. The van der Waals surface area contributed by atoms with Crippen molar-refractivity contribution in [2.45, 2.75) is 0 Å². The van der Waals surface area contributed by atoms with Gasteiger partial charge < -0.3 is 10.4 Å². The number of hydrogen-bond donors (Lipinski definition) is 2. The van der Waals surface area contributed by atoms with Gasteiger partial charge in [0.05, 0.1) is 11.3 Å². The molecule has 0 aliphatic heterocycles. The molecule has 0 aliphatic rings. The third kappa shape index (κ3) is 2.78.